The number of thiazole rings is 1. The highest BCUT2D eigenvalue weighted by Gasteiger charge is 2.35. The quantitative estimate of drug-likeness (QED) is 0.409. The Hall–Kier alpha value is -3.52. The van der Waals surface area contributed by atoms with Gasteiger partial charge < -0.3 is 10.1 Å². The number of hydrogen-bond acceptors (Lipinski definition) is 9. The molecule has 10 nitrogen and oxygen atoms in total. The molecule has 174 valence electrons. The van der Waals surface area contributed by atoms with Crippen LogP contribution in [0, 0.1) is 5.41 Å². The Labute approximate surface area is 203 Å². The molecule has 0 atom stereocenters. The maximum atomic E-state index is 12.8. The van der Waals surface area contributed by atoms with Crippen LogP contribution in [-0.4, -0.2) is 37.0 Å². The molecule has 4 N–H and O–H groups in total. The average molecular weight is 516 g/mol. The van der Waals surface area contributed by atoms with E-state index in [1.165, 1.54) is 40.5 Å². The fourth-order valence-corrected chi connectivity index (χ4v) is 4.98. The van der Waals surface area contributed by atoms with Crippen molar-refractivity contribution in [3.05, 3.63) is 70.6 Å². The van der Waals surface area contributed by atoms with Crippen LogP contribution in [0.3, 0.4) is 0 Å². The van der Waals surface area contributed by atoms with Crippen molar-refractivity contribution >= 4 is 67.0 Å². The lowest BCUT2D eigenvalue weighted by molar-refractivity contribution is -0.118. The largest absolute Gasteiger partial charge is 0.483 e. The van der Waals surface area contributed by atoms with Gasteiger partial charge >= 0.3 is 0 Å². The molecular formula is C21H17N5O5S3. The van der Waals surface area contributed by atoms with Crippen LogP contribution in [0.5, 0.6) is 5.75 Å². The fraction of sp³-hybridized carbons (Fsp3) is 0.0476. The van der Waals surface area contributed by atoms with Gasteiger partial charge in [0.1, 0.15) is 5.75 Å². The fourth-order valence-electron chi connectivity index (χ4n) is 2.93. The van der Waals surface area contributed by atoms with Gasteiger partial charge in [0, 0.05) is 22.8 Å². The van der Waals surface area contributed by atoms with Crippen LogP contribution in [0.15, 0.2) is 69.9 Å². The van der Waals surface area contributed by atoms with Crippen LogP contribution in [-0.2, 0) is 19.6 Å². The van der Waals surface area contributed by atoms with E-state index >= 15 is 0 Å². The number of benzene rings is 2. The number of rotatable bonds is 7. The minimum Gasteiger partial charge on any atom is -0.483 e. The first-order valence-corrected chi connectivity index (χ1v) is 12.8. The molecule has 0 bridgehead atoms. The summed E-state index contributed by atoms with van der Waals surface area (Å²) in [7, 11) is -3.82. The number of nitrogens with zero attached hydrogens (tertiary/aromatic N) is 2. The van der Waals surface area contributed by atoms with Crippen LogP contribution in [0.4, 0.5) is 10.8 Å². The van der Waals surface area contributed by atoms with Gasteiger partial charge in [0.25, 0.3) is 11.8 Å². The molecule has 1 aliphatic heterocycles. The number of aromatic nitrogens is 1. The zero-order valence-electron chi connectivity index (χ0n) is 17.3. The molecule has 13 heteroatoms. The zero-order chi connectivity index (χ0) is 24.3. The minimum absolute atomic E-state index is 0.0532. The van der Waals surface area contributed by atoms with Crippen molar-refractivity contribution in [2.24, 2.45) is 5.14 Å². The summed E-state index contributed by atoms with van der Waals surface area (Å²) in [6, 6.07) is 12.3. The van der Waals surface area contributed by atoms with Crippen molar-refractivity contribution in [1.29, 1.82) is 5.41 Å². The summed E-state index contributed by atoms with van der Waals surface area (Å²) in [5, 5.41) is 18.0. The van der Waals surface area contributed by atoms with E-state index in [9.17, 15) is 18.0 Å². The van der Waals surface area contributed by atoms with Crippen LogP contribution in [0.2, 0.25) is 0 Å². The SMILES string of the molecule is N=C1S/C(=C\c2ccccc2OCC(=O)Nc2ccc(S(N)(=O)=O)cc2)C(=O)N1c1nccs1. The second-order valence-corrected chi connectivity index (χ2v) is 10.3. The second kappa shape index (κ2) is 9.77. The van der Waals surface area contributed by atoms with E-state index in [0.29, 0.717) is 27.0 Å². The predicted molar refractivity (Wildman–Crippen MR) is 131 cm³/mol. The molecule has 3 aromatic rings. The maximum absolute atomic E-state index is 12.8. The molecule has 2 amide bonds. The first-order chi connectivity index (χ1) is 16.2. The number of thioether (sulfide) groups is 1. The topological polar surface area (TPSA) is 156 Å². The molecule has 0 radical (unpaired) electrons. The smallest absolute Gasteiger partial charge is 0.273 e. The van der Waals surface area contributed by atoms with E-state index in [4.69, 9.17) is 15.3 Å². The van der Waals surface area contributed by atoms with E-state index in [1.54, 1.807) is 41.9 Å². The molecule has 34 heavy (non-hydrogen) atoms. The van der Waals surface area contributed by atoms with E-state index in [1.807, 2.05) is 0 Å². The molecule has 2 aromatic carbocycles. The molecule has 1 aliphatic rings. The Morgan fingerprint density at radius 2 is 1.94 bits per heavy atom. The first-order valence-electron chi connectivity index (χ1n) is 9.59. The molecule has 1 saturated heterocycles. The van der Waals surface area contributed by atoms with E-state index in [2.05, 4.69) is 10.3 Å². The molecular weight excluding hydrogens is 498 g/mol. The summed E-state index contributed by atoms with van der Waals surface area (Å²) in [5.74, 6) is -0.448. The van der Waals surface area contributed by atoms with Crippen molar-refractivity contribution in [3.63, 3.8) is 0 Å². The van der Waals surface area contributed by atoms with Gasteiger partial charge in [-0.2, -0.15) is 0 Å². The van der Waals surface area contributed by atoms with E-state index in [0.717, 1.165) is 11.8 Å². The number of anilines is 2. The van der Waals surface area contributed by atoms with Crippen molar-refractivity contribution < 1.29 is 22.7 Å². The highest BCUT2D eigenvalue weighted by Crippen LogP contribution is 2.37. The Morgan fingerprint density at radius 3 is 2.62 bits per heavy atom. The van der Waals surface area contributed by atoms with Crippen LogP contribution in [0.25, 0.3) is 6.08 Å². The van der Waals surface area contributed by atoms with Crippen LogP contribution >= 0.6 is 23.1 Å². The molecule has 0 saturated carbocycles. The monoisotopic (exact) mass is 515 g/mol. The molecule has 0 aliphatic carbocycles. The second-order valence-electron chi connectivity index (χ2n) is 6.82. The van der Waals surface area contributed by atoms with Crippen molar-refractivity contribution in [3.8, 4) is 5.75 Å². The maximum Gasteiger partial charge on any atom is 0.273 e. The number of hydrogen-bond donors (Lipinski definition) is 3. The number of ether oxygens (including phenoxy) is 1. The summed E-state index contributed by atoms with van der Waals surface area (Å²) in [4.78, 5) is 30.7. The van der Waals surface area contributed by atoms with E-state index in [-0.39, 0.29) is 22.6 Å². The molecule has 0 unspecified atom stereocenters. The summed E-state index contributed by atoms with van der Waals surface area (Å²) < 4.78 is 28.3. The number of primary sulfonamides is 1. The van der Waals surface area contributed by atoms with Crippen molar-refractivity contribution in [2.75, 3.05) is 16.8 Å². The van der Waals surface area contributed by atoms with Crippen molar-refractivity contribution in [2.45, 2.75) is 4.90 Å². The standard InChI is InChI=1S/C21H17N5O5S3/c22-20-26(21-24-9-10-32-21)19(28)17(33-20)11-13-3-1-2-4-16(13)31-12-18(27)25-14-5-7-15(8-6-14)34(23,29)30/h1-11,22H,12H2,(H,25,27)(H2,23,29,30)/b17-11-,22-20?. The lowest BCUT2D eigenvalue weighted by Gasteiger charge is -2.11. The van der Waals surface area contributed by atoms with Crippen LogP contribution in [0.1, 0.15) is 5.56 Å². The summed E-state index contributed by atoms with van der Waals surface area (Å²) in [6.07, 6.45) is 3.17. The summed E-state index contributed by atoms with van der Waals surface area (Å²) in [5.41, 5.74) is 0.947. The van der Waals surface area contributed by atoms with Gasteiger partial charge in [-0.1, -0.05) is 18.2 Å². The number of nitrogens with two attached hydrogens (primary N) is 1. The number of nitrogens with one attached hydrogen (secondary N) is 2. The number of para-hydroxylation sites is 1. The first kappa shape index (κ1) is 23.6. The molecule has 4 rings (SSSR count). The number of amides is 2. The summed E-state index contributed by atoms with van der Waals surface area (Å²) in [6.45, 7) is -0.320. The summed E-state index contributed by atoms with van der Waals surface area (Å²) >= 11 is 2.27. The van der Waals surface area contributed by atoms with Gasteiger partial charge in [-0.3, -0.25) is 15.0 Å². The number of sulfonamides is 1. The number of carbonyl (C=O) groups excluding carboxylic acids is 2. The Morgan fingerprint density at radius 1 is 1.21 bits per heavy atom. The lowest BCUT2D eigenvalue weighted by atomic mass is 10.2. The molecule has 1 fully saturated rings. The third-order valence-electron chi connectivity index (χ3n) is 4.47. The van der Waals surface area contributed by atoms with Gasteiger partial charge in [-0.05, 0) is 48.2 Å². The molecule has 1 aromatic heterocycles. The highest BCUT2D eigenvalue weighted by molar-refractivity contribution is 8.19. The van der Waals surface area contributed by atoms with Gasteiger partial charge in [0.15, 0.2) is 16.9 Å². The van der Waals surface area contributed by atoms with E-state index < -0.39 is 15.9 Å². The Kier molecular flexibility index (Phi) is 6.79. The number of carbonyl (C=O) groups is 2. The van der Waals surface area contributed by atoms with Gasteiger partial charge in [0.2, 0.25) is 10.0 Å². The highest BCUT2D eigenvalue weighted by atomic mass is 32.2. The zero-order valence-corrected chi connectivity index (χ0v) is 19.7. The third-order valence-corrected chi connectivity index (χ3v) is 7.04. The predicted octanol–water partition coefficient (Wildman–Crippen LogP) is 2.86. The van der Waals surface area contributed by atoms with Gasteiger partial charge in [0.05, 0.1) is 9.80 Å². The third kappa shape index (κ3) is 5.34. The Balaban J connectivity index is 1.43. The number of amidine groups is 1. The normalized spacial score (nSPS) is 15.1. The van der Waals surface area contributed by atoms with Gasteiger partial charge in [-0.15, -0.1) is 11.3 Å². The lowest BCUT2D eigenvalue weighted by Crippen LogP contribution is -2.27. The average Bonchev–Trinajstić information content (AvgIpc) is 3.41. The molecule has 2 heterocycles. The van der Waals surface area contributed by atoms with Crippen LogP contribution < -0.4 is 20.1 Å². The minimum atomic E-state index is -3.82. The molecule has 0 spiro atoms. The van der Waals surface area contributed by atoms with Gasteiger partial charge in [-0.25, -0.2) is 23.4 Å². The Bertz CT molecular complexity index is 1390. The van der Waals surface area contributed by atoms with Crippen molar-refractivity contribution in [1.82, 2.24) is 4.98 Å².